The standard InChI is InChI=1S/C12H22O3.C9H12N2/c1-7-10(13)8(2)15-12(7)11(14)9-5-3-4-6-9;1-4-5-9-7(2)10-6-11-8(9)3/h7-14H,3-6H2,1-2H3;4-6H,1-3H3/b;5-4-/t7-,8-,10+,11+,12-;/m0./s1. The first-order valence-corrected chi connectivity index (χ1v) is 9.79. The molecule has 2 fully saturated rings. The lowest BCUT2D eigenvalue weighted by molar-refractivity contribution is -0.0646. The maximum absolute atomic E-state index is 10.2. The predicted molar refractivity (Wildman–Crippen MR) is 104 cm³/mol. The fourth-order valence-electron chi connectivity index (χ4n) is 4.04. The minimum absolute atomic E-state index is 0.0515. The molecule has 1 aromatic rings. The van der Waals surface area contributed by atoms with Crippen LogP contribution in [0.25, 0.3) is 6.08 Å². The van der Waals surface area contributed by atoms with Crippen LogP contribution in [0.4, 0.5) is 0 Å². The van der Waals surface area contributed by atoms with Gasteiger partial charge in [-0.1, -0.05) is 31.9 Å². The molecule has 1 aliphatic carbocycles. The van der Waals surface area contributed by atoms with E-state index in [2.05, 4.69) is 9.97 Å². The van der Waals surface area contributed by atoms with Crippen molar-refractivity contribution in [2.45, 2.75) is 84.7 Å². The highest BCUT2D eigenvalue weighted by atomic mass is 16.5. The Morgan fingerprint density at radius 3 is 2.19 bits per heavy atom. The summed E-state index contributed by atoms with van der Waals surface area (Å²) < 4.78 is 5.66. The molecule has 1 saturated carbocycles. The molecule has 0 unspecified atom stereocenters. The Hall–Kier alpha value is -1.30. The predicted octanol–water partition coefficient (Wildman–Crippen LogP) is 3.45. The molecule has 1 aromatic heterocycles. The Labute approximate surface area is 157 Å². The topological polar surface area (TPSA) is 75.5 Å². The van der Waals surface area contributed by atoms with Gasteiger partial charge >= 0.3 is 0 Å². The van der Waals surface area contributed by atoms with E-state index in [-0.39, 0.29) is 24.2 Å². The van der Waals surface area contributed by atoms with E-state index >= 15 is 0 Å². The highest BCUT2D eigenvalue weighted by Gasteiger charge is 2.44. The summed E-state index contributed by atoms with van der Waals surface area (Å²) in [6.45, 7) is 9.82. The van der Waals surface area contributed by atoms with Gasteiger partial charge < -0.3 is 14.9 Å². The molecule has 2 heterocycles. The second-order valence-corrected chi connectivity index (χ2v) is 7.65. The van der Waals surface area contributed by atoms with Gasteiger partial charge in [0.05, 0.1) is 24.4 Å². The quantitative estimate of drug-likeness (QED) is 0.861. The fraction of sp³-hybridized carbons (Fsp3) is 0.714. The molecule has 0 amide bonds. The van der Waals surface area contributed by atoms with Gasteiger partial charge in [-0.3, -0.25) is 0 Å². The molecular formula is C21H34N2O3. The number of ether oxygens (including phenoxy) is 1. The molecule has 2 aliphatic rings. The molecule has 0 radical (unpaired) electrons. The van der Waals surface area contributed by atoms with Gasteiger partial charge in [0.25, 0.3) is 0 Å². The van der Waals surface area contributed by atoms with Crippen LogP contribution in [-0.4, -0.2) is 44.6 Å². The van der Waals surface area contributed by atoms with Crippen LogP contribution in [0.2, 0.25) is 0 Å². The van der Waals surface area contributed by atoms with Crippen LogP contribution >= 0.6 is 0 Å². The van der Waals surface area contributed by atoms with E-state index in [1.165, 1.54) is 12.8 Å². The molecule has 3 rings (SSSR count). The minimum atomic E-state index is -0.425. The van der Waals surface area contributed by atoms with Crippen molar-refractivity contribution in [3.8, 4) is 0 Å². The largest absolute Gasteiger partial charge is 0.390 e. The number of allylic oxidation sites excluding steroid dienone is 1. The van der Waals surface area contributed by atoms with Crippen LogP contribution in [0.1, 0.15) is 63.4 Å². The summed E-state index contributed by atoms with van der Waals surface area (Å²) in [4.78, 5) is 8.19. The van der Waals surface area contributed by atoms with Crippen molar-refractivity contribution >= 4 is 6.08 Å². The molecule has 2 N–H and O–H groups in total. The summed E-state index contributed by atoms with van der Waals surface area (Å²) in [7, 11) is 0. The van der Waals surface area contributed by atoms with E-state index < -0.39 is 6.10 Å². The molecule has 26 heavy (non-hydrogen) atoms. The zero-order valence-electron chi connectivity index (χ0n) is 16.7. The lowest BCUT2D eigenvalue weighted by Crippen LogP contribution is -2.37. The maximum atomic E-state index is 10.2. The SMILES string of the molecule is C/C=C\c1c(C)ncnc1C.C[C@H]1[C@@H](O)[C@H](C)O[C@@H]1[C@H](O)C1CCCC1. The van der Waals surface area contributed by atoms with Crippen molar-refractivity contribution in [1.82, 2.24) is 9.97 Å². The number of hydrogen-bond donors (Lipinski definition) is 2. The first-order valence-electron chi connectivity index (χ1n) is 9.79. The number of rotatable bonds is 3. The first kappa shape index (κ1) is 21.0. The van der Waals surface area contributed by atoms with Gasteiger partial charge in [-0.05, 0) is 46.5 Å². The van der Waals surface area contributed by atoms with E-state index in [9.17, 15) is 10.2 Å². The Balaban J connectivity index is 0.000000197. The Kier molecular flexibility index (Phi) is 7.74. The van der Waals surface area contributed by atoms with Gasteiger partial charge in [-0.15, -0.1) is 0 Å². The van der Waals surface area contributed by atoms with Crippen LogP contribution in [0.15, 0.2) is 12.4 Å². The molecule has 0 aromatic carbocycles. The molecule has 1 aliphatic heterocycles. The number of aromatic nitrogens is 2. The summed E-state index contributed by atoms with van der Waals surface area (Å²) in [6, 6.07) is 0. The fourth-order valence-corrected chi connectivity index (χ4v) is 4.04. The van der Waals surface area contributed by atoms with Crippen molar-refractivity contribution in [3.05, 3.63) is 29.4 Å². The highest BCUT2D eigenvalue weighted by molar-refractivity contribution is 5.53. The van der Waals surface area contributed by atoms with Crippen molar-refractivity contribution in [1.29, 1.82) is 0 Å². The number of aliphatic hydroxyl groups is 2. The van der Waals surface area contributed by atoms with Gasteiger partial charge in [0, 0.05) is 22.9 Å². The van der Waals surface area contributed by atoms with E-state index in [0.717, 1.165) is 29.8 Å². The summed E-state index contributed by atoms with van der Waals surface area (Å²) in [5, 5.41) is 20.0. The van der Waals surface area contributed by atoms with Crippen molar-refractivity contribution in [3.63, 3.8) is 0 Å². The third-order valence-corrected chi connectivity index (χ3v) is 5.74. The van der Waals surface area contributed by atoms with Gasteiger partial charge in [0.1, 0.15) is 6.33 Å². The molecule has 5 nitrogen and oxygen atoms in total. The van der Waals surface area contributed by atoms with Crippen molar-refractivity contribution in [2.75, 3.05) is 0 Å². The van der Waals surface area contributed by atoms with Crippen LogP contribution in [0, 0.1) is 25.7 Å². The van der Waals surface area contributed by atoms with Gasteiger partial charge in [0.15, 0.2) is 0 Å². The molecule has 1 saturated heterocycles. The number of hydrogen-bond acceptors (Lipinski definition) is 5. The maximum Gasteiger partial charge on any atom is 0.115 e. The minimum Gasteiger partial charge on any atom is -0.390 e. The number of aryl methyl sites for hydroxylation is 2. The zero-order chi connectivity index (χ0) is 19.3. The average Bonchev–Trinajstić information content (AvgIpc) is 3.23. The lowest BCUT2D eigenvalue weighted by Gasteiger charge is -2.26. The van der Waals surface area contributed by atoms with Crippen molar-refractivity contribution in [2.24, 2.45) is 11.8 Å². The van der Waals surface area contributed by atoms with Gasteiger partial charge in [0.2, 0.25) is 0 Å². The van der Waals surface area contributed by atoms with Gasteiger partial charge in [-0.25, -0.2) is 9.97 Å². The van der Waals surface area contributed by atoms with Crippen molar-refractivity contribution < 1.29 is 14.9 Å². The van der Waals surface area contributed by atoms with Crippen LogP contribution in [-0.2, 0) is 4.74 Å². The van der Waals surface area contributed by atoms with Crippen LogP contribution in [0.5, 0.6) is 0 Å². The molecule has 0 bridgehead atoms. The zero-order valence-corrected chi connectivity index (χ0v) is 16.7. The lowest BCUT2D eigenvalue weighted by atomic mass is 9.88. The van der Waals surface area contributed by atoms with Crippen LogP contribution in [0.3, 0.4) is 0 Å². The number of aliphatic hydroxyl groups excluding tert-OH is 2. The number of nitrogens with zero attached hydrogens (tertiary/aromatic N) is 2. The second kappa shape index (κ2) is 9.58. The Bertz CT molecular complexity index is 579. The highest BCUT2D eigenvalue weighted by Crippen LogP contribution is 2.36. The third kappa shape index (κ3) is 4.90. The summed E-state index contributed by atoms with van der Waals surface area (Å²) in [5.74, 6) is 0.436. The van der Waals surface area contributed by atoms with E-state index in [1.54, 1.807) is 6.33 Å². The van der Waals surface area contributed by atoms with E-state index in [4.69, 9.17) is 4.74 Å². The summed E-state index contributed by atoms with van der Waals surface area (Å²) >= 11 is 0. The van der Waals surface area contributed by atoms with Crippen LogP contribution < -0.4 is 0 Å². The molecular weight excluding hydrogens is 328 g/mol. The Morgan fingerprint density at radius 1 is 1.15 bits per heavy atom. The molecule has 146 valence electrons. The summed E-state index contributed by atoms with van der Waals surface area (Å²) in [5.41, 5.74) is 3.21. The smallest absolute Gasteiger partial charge is 0.115 e. The molecule has 5 atom stereocenters. The third-order valence-electron chi connectivity index (χ3n) is 5.74. The monoisotopic (exact) mass is 362 g/mol. The van der Waals surface area contributed by atoms with E-state index in [0.29, 0.717) is 5.92 Å². The Morgan fingerprint density at radius 2 is 1.73 bits per heavy atom. The first-order chi connectivity index (χ1) is 12.4. The molecule has 0 spiro atoms. The summed E-state index contributed by atoms with van der Waals surface area (Å²) in [6.07, 6.45) is 9.17. The molecule has 5 heteroatoms. The normalized spacial score (nSPS) is 30.4. The second-order valence-electron chi connectivity index (χ2n) is 7.65. The average molecular weight is 363 g/mol. The van der Waals surface area contributed by atoms with Gasteiger partial charge in [-0.2, -0.15) is 0 Å². The van der Waals surface area contributed by atoms with E-state index in [1.807, 2.05) is 46.8 Å².